The summed E-state index contributed by atoms with van der Waals surface area (Å²) in [5, 5.41) is 17.2. The van der Waals surface area contributed by atoms with Gasteiger partial charge >= 0.3 is 0 Å². The van der Waals surface area contributed by atoms with Gasteiger partial charge in [0, 0.05) is 5.69 Å². The molecule has 0 saturated carbocycles. The van der Waals surface area contributed by atoms with E-state index in [2.05, 4.69) is 5.32 Å². The van der Waals surface area contributed by atoms with E-state index in [0.717, 1.165) is 5.69 Å². The molecule has 0 aliphatic carbocycles. The van der Waals surface area contributed by atoms with Gasteiger partial charge < -0.3 is 19.4 Å². The first-order valence-electron chi connectivity index (χ1n) is 8.37. The van der Waals surface area contributed by atoms with Crippen LogP contribution in [0.4, 0.5) is 11.6 Å². The van der Waals surface area contributed by atoms with E-state index in [4.69, 9.17) is 19.7 Å². The van der Waals surface area contributed by atoms with Gasteiger partial charge in [-0.05, 0) is 48.0 Å². The molecule has 0 saturated heterocycles. The predicted octanol–water partition coefficient (Wildman–Crippen LogP) is 2.89. The van der Waals surface area contributed by atoms with E-state index in [-0.39, 0.29) is 10.7 Å². The highest BCUT2D eigenvalue weighted by Crippen LogP contribution is 2.38. The van der Waals surface area contributed by atoms with Crippen molar-refractivity contribution in [2.24, 2.45) is 5.14 Å². The lowest BCUT2D eigenvalue weighted by molar-refractivity contribution is 0.415. The molecule has 1 atom stereocenters. The van der Waals surface area contributed by atoms with E-state index in [1.165, 1.54) is 18.4 Å². The van der Waals surface area contributed by atoms with Crippen molar-refractivity contribution in [3.8, 4) is 5.75 Å². The summed E-state index contributed by atoms with van der Waals surface area (Å²) in [6.45, 7) is 0. The van der Waals surface area contributed by atoms with E-state index in [1.807, 2.05) is 12.1 Å². The number of nitrogens with one attached hydrogen (secondary N) is 2. The van der Waals surface area contributed by atoms with Gasteiger partial charge in [-0.3, -0.25) is 5.41 Å². The lowest BCUT2D eigenvalue weighted by Gasteiger charge is -2.38. The summed E-state index contributed by atoms with van der Waals surface area (Å²) in [6, 6.07) is 15.3. The SMILES string of the molecule is COc1ccc(N2C(=N)c3ccoc3NC2c2cccc(S(N)(=O)=O)c2)cc1. The summed E-state index contributed by atoms with van der Waals surface area (Å²) >= 11 is 0. The van der Waals surface area contributed by atoms with Crippen LogP contribution in [0.3, 0.4) is 0 Å². The van der Waals surface area contributed by atoms with Crippen molar-refractivity contribution in [2.75, 3.05) is 17.3 Å². The molecule has 0 spiro atoms. The largest absolute Gasteiger partial charge is 0.497 e. The lowest BCUT2D eigenvalue weighted by atomic mass is 10.1. The maximum Gasteiger partial charge on any atom is 0.238 e. The number of nitrogens with zero attached hydrogens (tertiary/aromatic N) is 1. The van der Waals surface area contributed by atoms with Gasteiger partial charge in [-0.15, -0.1) is 0 Å². The van der Waals surface area contributed by atoms with Crippen LogP contribution < -0.4 is 20.1 Å². The van der Waals surface area contributed by atoms with Crippen molar-refractivity contribution in [1.29, 1.82) is 5.41 Å². The summed E-state index contributed by atoms with van der Waals surface area (Å²) in [5.74, 6) is 1.36. The monoisotopic (exact) mass is 398 g/mol. The fourth-order valence-corrected chi connectivity index (χ4v) is 3.74. The second kappa shape index (κ2) is 6.70. The summed E-state index contributed by atoms with van der Waals surface area (Å²) in [4.78, 5) is 1.75. The number of sulfonamides is 1. The van der Waals surface area contributed by atoms with Crippen molar-refractivity contribution in [1.82, 2.24) is 0 Å². The molecule has 4 N–H and O–H groups in total. The summed E-state index contributed by atoms with van der Waals surface area (Å²) < 4.78 is 34.2. The summed E-state index contributed by atoms with van der Waals surface area (Å²) in [6.07, 6.45) is 0.933. The molecular weight excluding hydrogens is 380 g/mol. The van der Waals surface area contributed by atoms with Crippen LogP contribution in [0.5, 0.6) is 5.75 Å². The van der Waals surface area contributed by atoms with Crippen LogP contribution in [0, 0.1) is 5.41 Å². The Balaban J connectivity index is 1.84. The first-order valence-corrected chi connectivity index (χ1v) is 9.92. The molecule has 28 heavy (non-hydrogen) atoms. The molecule has 2 heterocycles. The Bertz CT molecular complexity index is 1140. The number of hydrogen-bond donors (Lipinski definition) is 3. The van der Waals surface area contributed by atoms with Crippen LogP contribution in [-0.4, -0.2) is 21.4 Å². The highest BCUT2D eigenvalue weighted by Gasteiger charge is 2.34. The maximum absolute atomic E-state index is 11.8. The second-order valence-corrected chi connectivity index (χ2v) is 7.81. The average Bonchev–Trinajstić information content (AvgIpc) is 3.17. The minimum absolute atomic E-state index is 0.00162. The number of methoxy groups -OCH3 is 1. The highest BCUT2D eigenvalue weighted by atomic mass is 32.2. The molecule has 4 rings (SSSR count). The zero-order valence-electron chi connectivity index (χ0n) is 14.9. The maximum atomic E-state index is 11.8. The number of fused-ring (bicyclic) bond motifs is 1. The van der Waals surface area contributed by atoms with E-state index in [1.54, 1.807) is 42.3 Å². The topological polar surface area (TPSA) is 122 Å². The molecule has 0 radical (unpaired) electrons. The molecule has 8 nitrogen and oxygen atoms in total. The van der Waals surface area contributed by atoms with Gasteiger partial charge in [0.1, 0.15) is 17.8 Å². The normalized spacial score (nSPS) is 16.4. The summed E-state index contributed by atoms with van der Waals surface area (Å²) in [7, 11) is -2.28. The highest BCUT2D eigenvalue weighted by molar-refractivity contribution is 7.89. The Morgan fingerprint density at radius 1 is 1.18 bits per heavy atom. The predicted molar refractivity (Wildman–Crippen MR) is 105 cm³/mol. The van der Waals surface area contributed by atoms with Crippen LogP contribution in [-0.2, 0) is 10.0 Å². The minimum atomic E-state index is -3.86. The third kappa shape index (κ3) is 3.10. The number of furan rings is 1. The first-order chi connectivity index (χ1) is 13.4. The first kappa shape index (κ1) is 18.1. The van der Waals surface area contributed by atoms with Crippen molar-refractivity contribution >= 4 is 27.4 Å². The minimum Gasteiger partial charge on any atom is -0.497 e. The van der Waals surface area contributed by atoms with E-state index in [9.17, 15) is 8.42 Å². The van der Waals surface area contributed by atoms with E-state index in [0.29, 0.717) is 22.8 Å². The number of rotatable bonds is 4. The average molecular weight is 398 g/mol. The Morgan fingerprint density at radius 2 is 1.93 bits per heavy atom. The Labute approximate surface area is 162 Å². The second-order valence-electron chi connectivity index (χ2n) is 6.24. The van der Waals surface area contributed by atoms with Gasteiger partial charge in [-0.1, -0.05) is 12.1 Å². The molecule has 2 aromatic carbocycles. The molecule has 1 aliphatic rings. The molecular formula is C19H18N4O4S. The number of anilines is 2. The van der Waals surface area contributed by atoms with Gasteiger partial charge in [-0.2, -0.15) is 0 Å². The smallest absolute Gasteiger partial charge is 0.238 e. The molecule has 0 amide bonds. The number of hydrogen-bond acceptors (Lipinski definition) is 6. The van der Waals surface area contributed by atoms with Crippen molar-refractivity contribution < 1.29 is 17.6 Å². The van der Waals surface area contributed by atoms with Crippen molar-refractivity contribution in [2.45, 2.75) is 11.1 Å². The van der Waals surface area contributed by atoms with Gasteiger partial charge in [0.25, 0.3) is 0 Å². The number of primary sulfonamides is 1. The van der Waals surface area contributed by atoms with Gasteiger partial charge in [0.2, 0.25) is 15.9 Å². The Kier molecular flexibility index (Phi) is 4.33. The standard InChI is InChI=1S/C19H18N4O4S/c1-26-14-7-5-13(6-8-14)23-17(20)16-9-10-27-19(16)22-18(23)12-3-2-4-15(11-12)28(21,24)25/h2-11,18,20,22H,1H3,(H2,21,24,25). The summed E-state index contributed by atoms with van der Waals surface area (Å²) in [5.41, 5.74) is 1.96. The van der Waals surface area contributed by atoms with Crippen LogP contribution in [0.25, 0.3) is 0 Å². The lowest BCUT2D eigenvalue weighted by Crippen LogP contribution is -2.42. The van der Waals surface area contributed by atoms with Crippen LogP contribution in [0.15, 0.2) is 70.2 Å². The Hall–Kier alpha value is -3.30. The third-order valence-corrected chi connectivity index (χ3v) is 5.45. The quantitative estimate of drug-likeness (QED) is 0.621. The number of nitrogens with two attached hydrogens (primary N) is 1. The molecule has 3 aromatic rings. The van der Waals surface area contributed by atoms with Crippen LogP contribution >= 0.6 is 0 Å². The number of benzene rings is 2. The molecule has 144 valence electrons. The van der Waals surface area contributed by atoms with Gasteiger partial charge in [0.15, 0.2) is 0 Å². The third-order valence-electron chi connectivity index (χ3n) is 4.54. The van der Waals surface area contributed by atoms with Gasteiger partial charge in [-0.25, -0.2) is 13.6 Å². The van der Waals surface area contributed by atoms with E-state index < -0.39 is 16.2 Å². The van der Waals surface area contributed by atoms with Crippen molar-refractivity contribution in [3.05, 3.63) is 72.0 Å². The van der Waals surface area contributed by atoms with Gasteiger partial charge in [0.05, 0.1) is 23.8 Å². The van der Waals surface area contributed by atoms with E-state index >= 15 is 0 Å². The molecule has 1 aromatic heterocycles. The number of amidine groups is 1. The molecule has 1 unspecified atom stereocenters. The van der Waals surface area contributed by atoms with Crippen LogP contribution in [0.1, 0.15) is 17.3 Å². The fourth-order valence-electron chi connectivity index (χ4n) is 3.17. The Morgan fingerprint density at radius 3 is 2.61 bits per heavy atom. The number of ether oxygens (including phenoxy) is 1. The fraction of sp³-hybridized carbons (Fsp3) is 0.105. The molecule has 0 fully saturated rings. The van der Waals surface area contributed by atoms with Crippen molar-refractivity contribution in [3.63, 3.8) is 0 Å². The molecule has 1 aliphatic heterocycles. The zero-order valence-corrected chi connectivity index (χ0v) is 15.7. The van der Waals surface area contributed by atoms with Crippen LogP contribution in [0.2, 0.25) is 0 Å². The molecule has 9 heteroatoms. The zero-order chi connectivity index (χ0) is 19.9. The molecule has 0 bridgehead atoms.